The minimum absolute atomic E-state index is 0.00486. The molecule has 0 unspecified atom stereocenters. The summed E-state index contributed by atoms with van der Waals surface area (Å²) in [5, 5.41) is 10.8. The van der Waals surface area contributed by atoms with E-state index in [4.69, 9.17) is 0 Å². The van der Waals surface area contributed by atoms with Crippen LogP contribution >= 0.6 is 0 Å². The number of nitrogens with zero attached hydrogens (tertiary/aromatic N) is 3. The van der Waals surface area contributed by atoms with Crippen molar-refractivity contribution in [3.8, 4) is 11.3 Å². The fraction of sp³-hybridized carbons (Fsp3) is 0.421. The number of benzene rings is 1. The second kappa shape index (κ2) is 6.57. The summed E-state index contributed by atoms with van der Waals surface area (Å²) in [6, 6.07) is 9.41. The van der Waals surface area contributed by atoms with Crippen LogP contribution in [0.3, 0.4) is 0 Å². The number of fused-ring (bicyclic) bond motifs is 1. The van der Waals surface area contributed by atoms with Crippen LogP contribution in [0.25, 0.3) is 11.3 Å². The molecule has 0 aliphatic carbocycles. The third kappa shape index (κ3) is 2.99. The number of nitrogens with one attached hydrogen (secondary N) is 2. The van der Waals surface area contributed by atoms with Crippen LogP contribution in [0.15, 0.2) is 36.5 Å². The molecule has 2 aliphatic rings. The van der Waals surface area contributed by atoms with E-state index >= 15 is 0 Å². The lowest BCUT2D eigenvalue weighted by molar-refractivity contribution is -0.146. The van der Waals surface area contributed by atoms with Gasteiger partial charge in [-0.25, -0.2) is 0 Å². The Morgan fingerprint density at radius 1 is 1.27 bits per heavy atom. The molecule has 26 heavy (non-hydrogen) atoms. The molecule has 4 rings (SSSR count). The van der Waals surface area contributed by atoms with Gasteiger partial charge in [0.1, 0.15) is 12.1 Å². The van der Waals surface area contributed by atoms with Gasteiger partial charge in [-0.1, -0.05) is 30.3 Å². The van der Waals surface area contributed by atoms with Gasteiger partial charge < -0.3 is 15.5 Å². The molecular weight excluding hydrogens is 330 g/mol. The summed E-state index contributed by atoms with van der Waals surface area (Å²) >= 11 is 0. The topological polar surface area (TPSA) is 79.3 Å². The second-order valence-corrected chi connectivity index (χ2v) is 7.09. The molecule has 2 fully saturated rings. The highest BCUT2D eigenvalue weighted by atomic mass is 16.2. The van der Waals surface area contributed by atoms with Crippen molar-refractivity contribution in [2.75, 3.05) is 6.54 Å². The zero-order valence-corrected chi connectivity index (χ0v) is 15.0. The van der Waals surface area contributed by atoms with Crippen molar-refractivity contribution in [1.82, 2.24) is 25.3 Å². The SMILES string of the molecule is C[C@@H]1NC(=O)[C@@H]2C[C@H](NCc3cn(C)nc3-c3ccccc3)CN2C1=O. The van der Waals surface area contributed by atoms with E-state index in [9.17, 15) is 9.59 Å². The van der Waals surface area contributed by atoms with Crippen LogP contribution in [-0.2, 0) is 23.2 Å². The van der Waals surface area contributed by atoms with Crippen LogP contribution in [0, 0.1) is 0 Å². The summed E-state index contributed by atoms with van der Waals surface area (Å²) in [5.74, 6) is -0.0435. The molecule has 7 nitrogen and oxygen atoms in total. The molecule has 2 amide bonds. The Labute approximate surface area is 152 Å². The highest BCUT2D eigenvalue weighted by Gasteiger charge is 2.44. The summed E-state index contributed by atoms with van der Waals surface area (Å²) in [6.07, 6.45) is 2.66. The molecule has 2 saturated heterocycles. The molecule has 136 valence electrons. The summed E-state index contributed by atoms with van der Waals surface area (Å²) in [4.78, 5) is 26.1. The lowest BCUT2D eigenvalue weighted by Gasteiger charge is -2.32. The van der Waals surface area contributed by atoms with E-state index < -0.39 is 6.04 Å². The summed E-state index contributed by atoms with van der Waals surface area (Å²) in [6.45, 7) is 2.95. The first-order valence-electron chi connectivity index (χ1n) is 8.95. The number of rotatable bonds is 4. The molecule has 0 bridgehead atoms. The molecule has 2 N–H and O–H groups in total. The molecule has 2 aliphatic heterocycles. The normalized spacial score (nSPS) is 25.3. The van der Waals surface area contributed by atoms with Crippen molar-refractivity contribution in [3.63, 3.8) is 0 Å². The van der Waals surface area contributed by atoms with Gasteiger partial charge in [0.15, 0.2) is 0 Å². The van der Waals surface area contributed by atoms with Crippen LogP contribution in [0.1, 0.15) is 18.9 Å². The predicted octanol–water partition coefficient (Wildman–Crippen LogP) is 0.664. The van der Waals surface area contributed by atoms with E-state index in [1.54, 1.807) is 11.8 Å². The summed E-state index contributed by atoms with van der Waals surface area (Å²) in [5.41, 5.74) is 3.14. The Balaban J connectivity index is 1.46. The standard InChI is InChI=1S/C19H23N5O2/c1-12-19(26)24-11-15(8-16(24)18(25)21-12)20-9-14-10-23(2)22-17(14)13-6-4-3-5-7-13/h3-7,10,12,15-16,20H,8-9,11H2,1-2H3,(H,21,25)/t12-,15-,16-/m0/s1. The van der Waals surface area contributed by atoms with Crippen molar-refractivity contribution in [3.05, 3.63) is 42.1 Å². The van der Waals surface area contributed by atoms with E-state index in [1.807, 2.05) is 48.3 Å². The lowest BCUT2D eigenvalue weighted by Crippen LogP contribution is -2.60. The van der Waals surface area contributed by atoms with Crippen molar-refractivity contribution in [2.24, 2.45) is 7.05 Å². The lowest BCUT2D eigenvalue weighted by atomic mass is 10.1. The number of carbonyl (C=O) groups excluding carboxylic acids is 2. The van der Waals surface area contributed by atoms with Gasteiger partial charge in [-0.2, -0.15) is 5.10 Å². The van der Waals surface area contributed by atoms with Crippen LogP contribution in [0.4, 0.5) is 0 Å². The van der Waals surface area contributed by atoms with Crippen LogP contribution in [0.2, 0.25) is 0 Å². The van der Waals surface area contributed by atoms with Gasteiger partial charge in [0.25, 0.3) is 0 Å². The largest absolute Gasteiger partial charge is 0.343 e. The van der Waals surface area contributed by atoms with E-state index in [0.717, 1.165) is 16.8 Å². The van der Waals surface area contributed by atoms with E-state index in [-0.39, 0.29) is 23.9 Å². The van der Waals surface area contributed by atoms with Gasteiger partial charge in [-0.15, -0.1) is 0 Å². The Kier molecular flexibility index (Phi) is 4.24. The molecule has 1 aromatic carbocycles. The molecule has 0 radical (unpaired) electrons. The average Bonchev–Trinajstić information content (AvgIpc) is 3.23. The first-order chi connectivity index (χ1) is 12.5. The van der Waals surface area contributed by atoms with Crippen molar-refractivity contribution >= 4 is 11.8 Å². The maximum Gasteiger partial charge on any atom is 0.245 e. The Hall–Kier alpha value is -2.67. The molecule has 1 aromatic heterocycles. The first kappa shape index (κ1) is 16.8. The van der Waals surface area contributed by atoms with Crippen LogP contribution in [-0.4, -0.2) is 51.2 Å². The van der Waals surface area contributed by atoms with Gasteiger partial charge in [0.2, 0.25) is 11.8 Å². The van der Waals surface area contributed by atoms with Crippen molar-refractivity contribution in [2.45, 2.75) is 38.0 Å². The number of aromatic nitrogens is 2. The molecule has 2 aromatic rings. The highest BCUT2D eigenvalue weighted by molar-refractivity contribution is 5.97. The van der Waals surface area contributed by atoms with Crippen molar-refractivity contribution < 1.29 is 9.59 Å². The van der Waals surface area contributed by atoms with Gasteiger partial charge in [0, 0.05) is 43.5 Å². The number of carbonyl (C=O) groups is 2. The highest BCUT2D eigenvalue weighted by Crippen LogP contribution is 2.25. The monoisotopic (exact) mass is 353 g/mol. The zero-order valence-electron chi connectivity index (χ0n) is 15.0. The predicted molar refractivity (Wildman–Crippen MR) is 97.0 cm³/mol. The molecule has 3 heterocycles. The van der Waals surface area contributed by atoms with Gasteiger partial charge >= 0.3 is 0 Å². The molecule has 3 atom stereocenters. The first-order valence-corrected chi connectivity index (χ1v) is 8.95. The van der Waals surface area contributed by atoms with E-state index in [0.29, 0.717) is 19.5 Å². The minimum Gasteiger partial charge on any atom is -0.343 e. The number of hydrogen-bond donors (Lipinski definition) is 2. The van der Waals surface area contributed by atoms with Crippen LogP contribution in [0.5, 0.6) is 0 Å². The van der Waals surface area contributed by atoms with E-state index in [1.165, 1.54) is 0 Å². The van der Waals surface area contributed by atoms with Gasteiger partial charge in [-0.05, 0) is 13.3 Å². The average molecular weight is 353 g/mol. The van der Waals surface area contributed by atoms with Gasteiger partial charge in [-0.3, -0.25) is 14.3 Å². The molecule has 7 heteroatoms. The number of piperazine rings is 1. The molecule has 0 spiro atoms. The minimum atomic E-state index is -0.430. The summed E-state index contributed by atoms with van der Waals surface area (Å²) in [7, 11) is 1.91. The van der Waals surface area contributed by atoms with E-state index in [2.05, 4.69) is 15.7 Å². The number of amides is 2. The molecule has 0 saturated carbocycles. The zero-order chi connectivity index (χ0) is 18.3. The number of aryl methyl sites for hydroxylation is 1. The van der Waals surface area contributed by atoms with Gasteiger partial charge in [0.05, 0.1) is 5.69 Å². The smallest absolute Gasteiger partial charge is 0.245 e. The fourth-order valence-corrected chi connectivity index (χ4v) is 3.86. The third-order valence-electron chi connectivity index (χ3n) is 5.15. The van der Waals surface area contributed by atoms with Crippen LogP contribution < -0.4 is 10.6 Å². The fourth-order valence-electron chi connectivity index (χ4n) is 3.86. The second-order valence-electron chi connectivity index (χ2n) is 7.09. The maximum absolute atomic E-state index is 12.3. The Bertz CT molecular complexity index is 832. The Morgan fingerprint density at radius 3 is 2.81 bits per heavy atom. The summed E-state index contributed by atoms with van der Waals surface area (Å²) < 4.78 is 1.82. The quantitative estimate of drug-likeness (QED) is 0.847. The Morgan fingerprint density at radius 2 is 2.04 bits per heavy atom. The third-order valence-corrected chi connectivity index (χ3v) is 5.15. The molecular formula is C19H23N5O2. The maximum atomic E-state index is 12.3. The number of hydrogen-bond acceptors (Lipinski definition) is 4. The van der Waals surface area contributed by atoms with Crippen molar-refractivity contribution in [1.29, 1.82) is 0 Å².